The van der Waals surface area contributed by atoms with Crippen molar-refractivity contribution in [3.8, 4) is 5.75 Å². The Labute approximate surface area is 172 Å². The van der Waals surface area contributed by atoms with Gasteiger partial charge in [-0.2, -0.15) is 4.31 Å². The number of fused-ring (bicyclic) bond motifs is 1. The number of nitrogens with zero attached hydrogens (tertiary/aromatic N) is 1. The van der Waals surface area contributed by atoms with E-state index in [1.807, 2.05) is 61.5 Å². The molecule has 150 valence electrons. The van der Waals surface area contributed by atoms with Gasteiger partial charge in [0.05, 0.1) is 12.0 Å². The lowest BCUT2D eigenvalue weighted by Crippen LogP contribution is -2.47. The number of hydrogen-bond acceptors (Lipinski definition) is 3. The molecule has 0 saturated carbocycles. The van der Waals surface area contributed by atoms with Gasteiger partial charge in [0, 0.05) is 18.5 Å². The molecular formula is C24H25NO3S. The van der Waals surface area contributed by atoms with Crippen LogP contribution in [-0.4, -0.2) is 26.4 Å². The van der Waals surface area contributed by atoms with Crippen LogP contribution in [0.3, 0.4) is 0 Å². The molecule has 1 aliphatic rings. The van der Waals surface area contributed by atoms with Gasteiger partial charge < -0.3 is 4.74 Å². The molecule has 0 aliphatic carbocycles. The SMILES string of the molecule is COc1ccc(C2(C)CN(S(=O)(=O)c3ccc(C)cc3)Cc3ccccc32)cc1. The van der Waals surface area contributed by atoms with E-state index in [2.05, 4.69) is 13.0 Å². The molecular weight excluding hydrogens is 382 g/mol. The van der Waals surface area contributed by atoms with E-state index in [-0.39, 0.29) is 0 Å². The van der Waals surface area contributed by atoms with Gasteiger partial charge in [-0.3, -0.25) is 0 Å². The zero-order valence-corrected chi connectivity index (χ0v) is 17.7. The molecule has 4 nitrogen and oxygen atoms in total. The average molecular weight is 408 g/mol. The van der Waals surface area contributed by atoms with Crippen molar-refractivity contribution in [1.82, 2.24) is 4.31 Å². The zero-order valence-electron chi connectivity index (χ0n) is 16.9. The highest BCUT2D eigenvalue weighted by molar-refractivity contribution is 7.89. The summed E-state index contributed by atoms with van der Waals surface area (Å²) in [6.45, 7) is 4.82. The molecule has 0 fully saturated rings. The van der Waals surface area contributed by atoms with E-state index < -0.39 is 15.4 Å². The second-order valence-electron chi connectivity index (χ2n) is 7.80. The highest BCUT2D eigenvalue weighted by Crippen LogP contribution is 2.41. The minimum atomic E-state index is -3.60. The van der Waals surface area contributed by atoms with E-state index in [1.165, 1.54) is 5.56 Å². The quantitative estimate of drug-likeness (QED) is 0.639. The Morgan fingerprint density at radius 1 is 0.931 bits per heavy atom. The Bertz CT molecular complexity index is 1120. The number of benzene rings is 3. The summed E-state index contributed by atoms with van der Waals surface area (Å²) < 4.78 is 33.8. The number of ether oxygens (including phenoxy) is 1. The van der Waals surface area contributed by atoms with Crippen molar-refractivity contribution in [2.24, 2.45) is 0 Å². The summed E-state index contributed by atoms with van der Waals surface area (Å²) in [4.78, 5) is 0.333. The Hall–Kier alpha value is -2.63. The summed E-state index contributed by atoms with van der Waals surface area (Å²) in [5.41, 5.74) is 3.85. The lowest BCUT2D eigenvalue weighted by atomic mass is 9.72. The van der Waals surface area contributed by atoms with Gasteiger partial charge in [0.25, 0.3) is 0 Å². The van der Waals surface area contributed by atoms with Crippen molar-refractivity contribution >= 4 is 10.0 Å². The summed E-state index contributed by atoms with van der Waals surface area (Å²) in [7, 11) is -1.96. The van der Waals surface area contributed by atoms with E-state index in [0.29, 0.717) is 18.0 Å². The highest BCUT2D eigenvalue weighted by Gasteiger charge is 2.41. The summed E-state index contributed by atoms with van der Waals surface area (Å²) in [5, 5.41) is 0. The molecule has 3 aromatic rings. The van der Waals surface area contributed by atoms with E-state index >= 15 is 0 Å². The Balaban J connectivity index is 1.81. The Kier molecular flexibility index (Phi) is 4.97. The summed E-state index contributed by atoms with van der Waals surface area (Å²) in [6.07, 6.45) is 0. The van der Waals surface area contributed by atoms with E-state index in [1.54, 1.807) is 23.5 Å². The number of rotatable bonds is 4. The van der Waals surface area contributed by atoms with Crippen molar-refractivity contribution < 1.29 is 13.2 Å². The maximum atomic E-state index is 13.4. The van der Waals surface area contributed by atoms with Crippen molar-refractivity contribution in [3.05, 3.63) is 95.1 Å². The molecule has 1 atom stereocenters. The molecule has 0 bridgehead atoms. The van der Waals surface area contributed by atoms with Crippen molar-refractivity contribution in [1.29, 1.82) is 0 Å². The minimum Gasteiger partial charge on any atom is -0.497 e. The predicted molar refractivity (Wildman–Crippen MR) is 115 cm³/mol. The van der Waals surface area contributed by atoms with E-state index in [0.717, 1.165) is 22.4 Å². The van der Waals surface area contributed by atoms with Crippen LogP contribution < -0.4 is 4.74 Å². The van der Waals surface area contributed by atoms with Gasteiger partial charge in [-0.1, -0.05) is 61.0 Å². The van der Waals surface area contributed by atoms with Gasteiger partial charge in [-0.15, -0.1) is 0 Å². The van der Waals surface area contributed by atoms with Crippen LogP contribution in [0.4, 0.5) is 0 Å². The molecule has 0 radical (unpaired) electrons. The highest BCUT2D eigenvalue weighted by atomic mass is 32.2. The molecule has 0 N–H and O–H groups in total. The molecule has 1 unspecified atom stereocenters. The third-order valence-electron chi connectivity index (χ3n) is 5.84. The van der Waals surface area contributed by atoms with Crippen LogP contribution >= 0.6 is 0 Å². The average Bonchev–Trinajstić information content (AvgIpc) is 2.74. The standard InChI is InChI=1S/C24H25NO3S/c1-18-8-14-22(15-9-18)29(26,27)25-16-19-6-4-5-7-23(19)24(2,17-25)20-10-12-21(28-3)13-11-20/h4-15H,16-17H2,1-3H3. The fraction of sp³-hybridized carbons (Fsp3) is 0.250. The molecule has 3 aromatic carbocycles. The molecule has 0 spiro atoms. The minimum absolute atomic E-state index is 0.333. The van der Waals surface area contributed by atoms with Gasteiger partial charge in [0.2, 0.25) is 10.0 Å². The first-order chi connectivity index (χ1) is 13.8. The number of methoxy groups -OCH3 is 1. The van der Waals surface area contributed by atoms with Gasteiger partial charge in [-0.25, -0.2) is 8.42 Å². The Morgan fingerprint density at radius 2 is 1.59 bits per heavy atom. The molecule has 0 saturated heterocycles. The third-order valence-corrected chi connectivity index (χ3v) is 7.64. The van der Waals surface area contributed by atoms with Gasteiger partial charge >= 0.3 is 0 Å². The lowest BCUT2D eigenvalue weighted by Gasteiger charge is -2.42. The Morgan fingerprint density at radius 3 is 2.24 bits per heavy atom. The van der Waals surface area contributed by atoms with Crippen LogP contribution in [0.1, 0.15) is 29.2 Å². The fourth-order valence-corrected chi connectivity index (χ4v) is 5.63. The third kappa shape index (κ3) is 3.45. The first kappa shape index (κ1) is 19.7. The largest absolute Gasteiger partial charge is 0.497 e. The smallest absolute Gasteiger partial charge is 0.243 e. The number of aryl methyl sites for hydroxylation is 1. The first-order valence-electron chi connectivity index (χ1n) is 9.64. The monoisotopic (exact) mass is 407 g/mol. The summed E-state index contributed by atoms with van der Waals surface area (Å²) in [6, 6.07) is 23.1. The van der Waals surface area contributed by atoms with E-state index in [9.17, 15) is 8.42 Å². The van der Waals surface area contributed by atoms with E-state index in [4.69, 9.17) is 4.74 Å². The van der Waals surface area contributed by atoms with Crippen molar-refractivity contribution in [3.63, 3.8) is 0 Å². The fourth-order valence-electron chi connectivity index (χ4n) is 4.12. The van der Waals surface area contributed by atoms with Crippen LogP contribution in [0.15, 0.2) is 77.7 Å². The maximum absolute atomic E-state index is 13.4. The second-order valence-corrected chi connectivity index (χ2v) is 9.74. The van der Waals surface area contributed by atoms with Gasteiger partial charge in [-0.05, 0) is 47.9 Å². The molecule has 29 heavy (non-hydrogen) atoms. The maximum Gasteiger partial charge on any atom is 0.243 e. The number of hydrogen-bond donors (Lipinski definition) is 0. The van der Waals surface area contributed by atoms with Crippen molar-refractivity contribution in [2.75, 3.05) is 13.7 Å². The van der Waals surface area contributed by atoms with Crippen LogP contribution in [0, 0.1) is 6.92 Å². The molecule has 1 aliphatic heterocycles. The molecule has 4 rings (SSSR count). The van der Waals surface area contributed by atoms with Crippen molar-refractivity contribution in [2.45, 2.75) is 30.7 Å². The molecule has 0 amide bonds. The predicted octanol–water partition coefficient (Wildman–Crippen LogP) is 4.51. The molecule has 1 heterocycles. The van der Waals surface area contributed by atoms with Crippen LogP contribution in [0.5, 0.6) is 5.75 Å². The normalized spacial score (nSPS) is 19.6. The van der Waals surface area contributed by atoms with Gasteiger partial charge in [0.1, 0.15) is 5.75 Å². The topological polar surface area (TPSA) is 46.6 Å². The molecule has 5 heteroatoms. The molecule has 0 aromatic heterocycles. The van der Waals surface area contributed by atoms with Crippen LogP contribution in [0.25, 0.3) is 0 Å². The van der Waals surface area contributed by atoms with Crippen LogP contribution in [0.2, 0.25) is 0 Å². The number of sulfonamides is 1. The summed E-state index contributed by atoms with van der Waals surface area (Å²) >= 11 is 0. The second kappa shape index (κ2) is 7.32. The zero-order chi connectivity index (χ0) is 20.6. The lowest BCUT2D eigenvalue weighted by molar-refractivity contribution is 0.315. The summed E-state index contributed by atoms with van der Waals surface area (Å²) in [5.74, 6) is 0.783. The van der Waals surface area contributed by atoms with Crippen LogP contribution in [-0.2, 0) is 22.0 Å². The van der Waals surface area contributed by atoms with Gasteiger partial charge in [0.15, 0.2) is 0 Å². The first-order valence-corrected chi connectivity index (χ1v) is 11.1.